The Balaban J connectivity index is 1.53. The number of rotatable bonds is 4. The van der Waals surface area contributed by atoms with E-state index in [4.69, 9.17) is 9.84 Å². The molecule has 200 valence electrons. The molecule has 0 saturated carbocycles. The Morgan fingerprint density at radius 3 is 2.52 bits per heavy atom. The first-order valence-corrected chi connectivity index (χ1v) is 12.8. The molecular weight excluding hydrogens is 509 g/mol. The molecule has 0 fully saturated rings. The zero-order chi connectivity index (χ0) is 27.8. The second-order valence-corrected chi connectivity index (χ2v) is 9.49. The highest BCUT2D eigenvalue weighted by Gasteiger charge is 2.36. The minimum Gasteiger partial charge on any atom is -0.465 e. The summed E-state index contributed by atoms with van der Waals surface area (Å²) in [5.41, 5.74) is 4.39. The number of carbonyl (C=O) groups is 2. The maximum atomic E-state index is 14.5. The lowest BCUT2D eigenvalue weighted by Gasteiger charge is -2.31. The molecule has 1 unspecified atom stereocenters. The number of nitrogens with one attached hydrogen (secondary N) is 1. The molecule has 8 nitrogen and oxygen atoms in total. The topological polar surface area (TPSA) is 81.4 Å². The highest BCUT2D eigenvalue weighted by atomic mass is 19.1. The van der Waals surface area contributed by atoms with Crippen molar-refractivity contribution < 1.29 is 18.7 Å². The van der Waals surface area contributed by atoms with E-state index in [1.807, 2.05) is 64.8 Å². The van der Waals surface area contributed by atoms with Gasteiger partial charge in [-0.1, -0.05) is 42.5 Å². The maximum absolute atomic E-state index is 14.5. The number of benzene rings is 3. The van der Waals surface area contributed by atoms with E-state index in [2.05, 4.69) is 5.32 Å². The van der Waals surface area contributed by atoms with Gasteiger partial charge in [0.05, 0.1) is 48.0 Å². The van der Waals surface area contributed by atoms with E-state index in [0.717, 1.165) is 28.5 Å². The van der Waals surface area contributed by atoms with E-state index >= 15 is 0 Å². The van der Waals surface area contributed by atoms with Gasteiger partial charge >= 0.3 is 12.0 Å². The first-order chi connectivity index (χ1) is 19.5. The van der Waals surface area contributed by atoms with Crippen molar-refractivity contribution in [2.45, 2.75) is 19.5 Å². The van der Waals surface area contributed by atoms with Crippen LogP contribution in [0.3, 0.4) is 0 Å². The molecule has 0 saturated heterocycles. The fraction of sp³-hybridized carbons (Fsp3) is 0.129. The van der Waals surface area contributed by atoms with Crippen LogP contribution >= 0.6 is 0 Å². The van der Waals surface area contributed by atoms with Gasteiger partial charge in [0.15, 0.2) is 0 Å². The van der Waals surface area contributed by atoms with Gasteiger partial charge in [-0.05, 0) is 61.0 Å². The largest absolute Gasteiger partial charge is 0.465 e. The van der Waals surface area contributed by atoms with Gasteiger partial charge < -0.3 is 19.5 Å². The fourth-order valence-corrected chi connectivity index (χ4v) is 5.24. The second kappa shape index (κ2) is 10.2. The number of aryl methyl sites for hydroxylation is 1. The van der Waals surface area contributed by atoms with Gasteiger partial charge in [0, 0.05) is 11.8 Å². The van der Waals surface area contributed by atoms with Crippen LogP contribution in [0, 0.1) is 12.7 Å². The molecule has 1 aliphatic rings. The van der Waals surface area contributed by atoms with E-state index in [1.165, 1.54) is 19.2 Å². The molecular formula is C31H26FN5O3. The summed E-state index contributed by atoms with van der Waals surface area (Å²) in [5, 5.41) is 7.74. The number of amides is 2. The van der Waals surface area contributed by atoms with E-state index in [1.54, 1.807) is 41.3 Å². The number of carbonyl (C=O) groups excluding carboxylic acids is 2. The maximum Gasteiger partial charge on any atom is 0.339 e. The molecule has 0 spiro atoms. The second-order valence-electron chi connectivity index (χ2n) is 9.49. The Morgan fingerprint density at radius 2 is 1.75 bits per heavy atom. The van der Waals surface area contributed by atoms with Crippen molar-refractivity contribution in [3.63, 3.8) is 0 Å². The predicted octanol–water partition coefficient (Wildman–Crippen LogP) is 6.03. The number of halogens is 1. The first kappa shape index (κ1) is 25.1. The summed E-state index contributed by atoms with van der Waals surface area (Å²) in [5.74, 6) is -0.166. The molecule has 40 heavy (non-hydrogen) atoms. The zero-order valence-electron chi connectivity index (χ0n) is 21.9. The van der Waals surface area contributed by atoms with Crippen molar-refractivity contribution in [3.8, 4) is 11.5 Å². The van der Waals surface area contributed by atoms with Gasteiger partial charge in [0.1, 0.15) is 11.6 Å². The normalized spacial score (nSPS) is 14.2. The summed E-state index contributed by atoms with van der Waals surface area (Å²) in [6.45, 7) is 2.09. The molecule has 2 amide bonds. The Kier molecular flexibility index (Phi) is 6.39. The third kappa shape index (κ3) is 4.31. The molecule has 5 aromatic rings. The number of para-hydroxylation sites is 2. The van der Waals surface area contributed by atoms with Crippen LogP contribution in [0.4, 0.5) is 14.9 Å². The Bertz CT molecular complexity index is 1730. The van der Waals surface area contributed by atoms with Crippen LogP contribution in [0.15, 0.2) is 97.2 Å². The minimum atomic E-state index is -0.646. The lowest BCUT2D eigenvalue weighted by Crippen LogP contribution is -2.38. The van der Waals surface area contributed by atoms with Crippen LogP contribution in [-0.2, 0) is 11.3 Å². The number of methoxy groups -OCH3 is 1. The summed E-state index contributed by atoms with van der Waals surface area (Å²) in [4.78, 5) is 28.2. The van der Waals surface area contributed by atoms with Crippen LogP contribution in [0.5, 0.6) is 0 Å². The van der Waals surface area contributed by atoms with Crippen molar-refractivity contribution in [2.75, 3.05) is 12.4 Å². The van der Waals surface area contributed by atoms with Gasteiger partial charge in [-0.25, -0.2) is 18.7 Å². The smallest absolute Gasteiger partial charge is 0.339 e. The fourth-order valence-electron chi connectivity index (χ4n) is 5.24. The summed E-state index contributed by atoms with van der Waals surface area (Å²) < 4.78 is 23.3. The van der Waals surface area contributed by atoms with E-state index < -0.39 is 23.9 Å². The van der Waals surface area contributed by atoms with Crippen molar-refractivity contribution in [3.05, 3.63) is 131 Å². The first-order valence-electron chi connectivity index (χ1n) is 12.8. The van der Waals surface area contributed by atoms with Crippen molar-refractivity contribution in [1.29, 1.82) is 0 Å². The highest BCUT2D eigenvalue weighted by molar-refractivity contribution is 6.01. The summed E-state index contributed by atoms with van der Waals surface area (Å²) in [6, 6.07) is 25.4. The van der Waals surface area contributed by atoms with Gasteiger partial charge in [-0.2, -0.15) is 5.10 Å². The number of urea groups is 1. The Hall–Kier alpha value is -5.18. The zero-order valence-corrected chi connectivity index (χ0v) is 21.9. The number of hydrogen-bond donors (Lipinski definition) is 1. The molecule has 3 heterocycles. The quantitative estimate of drug-likeness (QED) is 0.285. The standard InChI is InChI=1S/C31H26FN5O3/c1-20-25-19-36(31(39)33-26-15-7-6-14-24(26)30(38)40-2)28(21-10-8-11-22(32)18-21)27-16-9-17-35(27)29(25)37(34-20)23-12-4-3-5-13-23/h3-18,28H,19H2,1-2H3,(H,33,39). The summed E-state index contributed by atoms with van der Waals surface area (Å²) >= 11 is 0. The van der Waals surface area contributed by atoms with Crippen LogP contribution in [0.1, 0.15) is 38.9 Å². The summed E-state index contributed by atoms with van der Waals surface area (Å²) in [7, 11) is 1.29. The summed E-state index contributed by atoms with van der Waals surface area (Å²) in [6.07, 6.45) is 1.93. The van der Waals surface area contributed by atoms with Gasteiger partial charge in [-0.15, -0.1) is 0 Å². The van der Waals surface area contributed by atoms with Crippen LogP contribution in [0.2, 0.25) is 0 Å². The number of aromatic nitrogens is 3. The lowest BCUT2D eigenvalue weighted by atomic mass is 10.0. The Morgan fingerprint density at radius 1 is 0.975 bits per heavy atom. The number of ether oxygens (including phenoxy) is 1. The SMILES string of the molecule is COC(=O)c1ccccc1NC(=O)N1Cc2c(C)nn(-c3ccccc3)c2-n2cccc2C1c1cccc(F)c1. The molecule has 3 aromatic carbocycles. The van der Waals surface area contributed by atoms with Crippen LogP contribution < -0.4 is 5.32 Å². The number of hydrogen-bond acceptors (Lipinski definition) is 4. The average Bonchev–Trinajstić information content (AvgIpc) is 3.53. The average molecular weight is 536 g/mol. The molecule has 1 aliphatic heterocycles. The third-order valence-corrected chi connectivity index (χ3v) is 7.09. The number of esters is 1. The van der Waals surface area contributed by atoms with Crippen molar-refractivity contribution >= 4 is 17.7 Å². The number of fused-ring (bicyclic) bond motifs is 3. The minimum absolute atomic E-state index is 0.184. The number of anilines is 1. The van der Waals surface area contributed by atoms with Crippen molar-refractivity contribution in [1.82, 2.24) is 19.2 Å². The molecule has 2 aromatic heterocycles. The van der Waals surface area contributed by atoms with Crippen LogP contribution in [-0.4, -0.2) is 38.4 Å². The van der Waals surface area contributed by atoms with Gasteiger partial charge in [0.2, 0.25) is 0 Å². The Labute approximate surface area is 230 Å². The number of nitrogens with zero attached hydrogens (tertiary/aromatic N) is 4. The molecule has 0 aliphatic carbocycles. The molecule has 0 radical (unpaired) electrons. The van der Waals surface area contributed by atoms with E-state index in [9.17, 15) is 14.0 Å². The van der Waals surface area contributed by atoms with Gasteiger partial charge in [-0.3, -0.25) is 0 Å². The molecule has 1 atom stereocenters. The van der Waals surface area contributed by atoms with E-state index in [-0.39, 0.29) is 12.1 Å². The third-order valence-electron chi connectivity index (χ3n) is 7.09. The molecule has 1 N–H and O–H groups in total. The van der Waals surface area contributed by atoms with Gasteiger partial charge in [0.25, 0.3) is 0 Å². The molecule has 6 rings (SSSR count). The monoisotopic (exact) mass is 535 g/mol. The predicted molar refractivity (Wildman–Crippen MR) is 148 cm³/mol. The van der Waals surface area contributed by atoms with Crippen molar-refractivity contribution in [2.24, 2.45) is 0 Å². The molecule has 0 bridgehead atoms. The van der Waals surface area contributed by atoms with E-state index in [0.29, 0.717) is 11.3 Å². The van der Waals surface area contributed by atoms with Crippen LogP contribution in [0.25, 0.3) is 11.5 Å². The highest BCUT2D eigenvalue weighted by Crippen LogP contribution is 2.39. The lowest BCUT2D eigenvalue weighted by molar-refractivity contribution is 0.0602. The molecule has 9 heteroatoms.